The van der Waals surface area contributed by atoms with Gasteiger partial charge in [-0.2, -0.15) is 0 Å². The fourth-order valence-corrected chi connectivity index (χ4v) is 4.10. The second-order valence-electron chi connectivity index (χ2n) is 9.42. The highest BCUT2D eigenvalue weighted by atomic mass is 16.4. The number of benzene rings is 1. The lowest BCUT2D eigenvalue weighted by atomic mass is 10.0. The lowest BCUT2D eigenvalue weighted by Crippen LogP contribution is -2.57. The number of carboxylic acids is 2. The number of amides is 3. The molecule has 220 valence electrons. The fourth-order valence-electron chi connectivity index (χ4n) is 4.10. The van der Waals surface area contributed by atoms with Crippen LogP contribution in [-0.4, -0.2) is 88.2 Å². The molecule has 40 heavy (non-hydrogen) atoms. The van der Waals surface area contributed by atoms with Gasteiger partial charge in [-0.3, -0.25) is 24.2 Å². The molecule has 0 radical (unpaired) electrons. The van der Waals surface area contributed by atoms with E-state index < -0.39 is 60.2 Å². The Balaban J connectivity index is 2.15. The van der Waals surface area contributed by atoms with Crippen molar-refractivity contribution < 1.29 is 39.3 Å². The number of nitrogens with one attached hydrogen (secondary N) is 4. The van der Waals surface area contributed by atoms with Crippen molar-refractivity contribution in [2.45, 2.75) is 69.1 Å². The number of nitrogens with zero attached hydrogens (tertiary/aromatic N) is 1. The van der Waals surface area contributed by atoms with Crippen LogP contribution in [-0.2, 0) is 30.4 Å². The lowest BCUT2D eigenvalue weighted by Gasteiger charge is -2.25. The number of hydrogen-bond acceptors (Lipinski definition) is 8. The molecule has 4 atom stereocenters. The molecule has 2 rings (SSSR count). The van der Waals surface area contributed by atoms with Crippen molar-refractivity contribution in [2.24, 2.45) is 16.5 Å². The van der Waals surface area contributed by atoms with Crippen LogP contribution in [0.15, 0.2) is 29.3 Å². The van der Waals surface area contributed by atoms with E-state index in [4.69, 9.17) is 16.6 Å². The quantitative estimate of drug-likeness (QED) is 0.0612. The summed E-state index contributed by atoms with van der Waals surface area (Å²) in [7, 11) is 0. The molecule has 15 heteroatoms. The molecular weight excluding hydrogens is 526 g/mol. The first kappa shape index (κ1) is 31.8. The molecule has 1 aromatic carbocycles. The van der Waals surface area contributed by atoms with Gasteiger partial charge in [0.2, 0.25) is 17.7 Å². The van der Waals surface area contributed by atoms with Crippen molar-refractivity contribution in [1.82, 2.24) is 21.3 Å². The third-order valence-corrected chi connectivity index (χ3v) is 6.23. The Morgan fingerprint density at radius 2 is 1.57 bits per heavy atom. The Hall–Kier alpha value is -4.40. The van der Waals surface area contributed by atoms with Gasteiger partial charge in [-0.25, -0.2) is 4.79 Å². The number of aliphatic imine (C=N–C) groups is 1. The molecule has 1 fully saturated rings. The van der Waals surface area contributed by atoms with Crippen LogP contribution >= 0.6 is 0 Å². The molecule has 0 aliphatic carbocycles. The molecule has 1 aliphatic heterocycles. The van der Waals surface area contributed by atoms with Crippen molar-refractivity contribution in [3.8, 4) is 5.75 Å². The predicted octanol–water partition coefficient (Wildman–Crippen LogP) is -1.86. The van der Waals surface area contributed by atoms with Crippen LogP contribution in [0.2, 0.25) is 0 Å². The zero-order chi connectivity index (χ0) is 29.7. The summed E-state index contributed by atoms with van der Waals surface area (Å²) in [5, 5.41) is 38.7. The number of carboxylic acid groups (broad SMARTS) is 2. The summed E-state index contributed by atoms with van der Waals surface area (Å²) in [4.78, 5) is 65.9. The number of guanidine groups is 1. The zero-order valence-electron chi connectivity index (χ0n) is 22.0. The van der Waals surface area contributed by atoms with Crippen LogP contribution in [0.25, 0.3) is 0 Å². The minimum absolute atomic E-state index is 0.0141. The summed E-state index contributed by atoms with van der Waals surface area (Å²) in [6.07, 6.45) is 0.889. The average Bonchev–Trinajstić information content (AvgIpc) is 3.44. The lowest BCUT2D eigenvalue weighted by molar-refractivity contribution is -0.143. The van der Waals surface area contributed by atoms with Gasteiger partial charge >= 0.3 is 11.9 Å². The van der Waals surface area contributed by atoms with E-state index in [9.17, 15) is 34.2 Å². The van der Waals surface area contributed by atoms with Crippen molar-refractivity contribution in [3.05, 3.63) is 29.8 Å². The maximum Gasteiger partial charge on any atom is 0.326 e. The van der Waals surface area contributed by atoms with Gasteiger partial charge in [-0.1, -0.05) is 12.1 Å². The van der Waals surface area contributed by atoms with Gasteiger partial charge in [0, 0.05) is 19.4 Å². The van der Waals surface area contributed by atoms with E-state index in [-0.39, 0.29) is 37.5 Å². The van der Waals surface area contributed by atoms with Crippen LogP contribution in [0, 0.1) is 0 Å². The van der Waals surface area contributed by atoms with Gasteiger partial charge in [0.15, 0.2) is 5.96 Å². The monoisotopic (exact) mass is 563 g/mol. The topological polar surface area (TPSA) is 259 Å². The Morgan fingerprint density at radius 1 is 0.950 bits per heavy atom. The first-order valence-corrected chi connectivity index (χ1v) is 12.9. The highest BCUT2D eigenvalue weighted by Gasteiger charge is 2.31. The molecule has 11 N–H and O–H groups in total. The molecule has 4 unspecified atom stereocenters. The first-order chi connectivity index (χ1) is 19.0. The normalized spacial score (nSPS) is 16.6. The molecule has 15 nitrogen and oxygen atoms in total. The molecule has 1 aromatic rings. The van der Waals surface area contributed by atoms with E-state index in [0.717, 1.165) is 6.42 Å². The van der Waals surface area contributed by atoms with Gasteiger partial charge in [0.25, 0.3) is 0 Å². The standard InChI is InChI=1S/C25H37N7O8/c26-25(27)29-12-2-4-17(30-21(36)16-3-1-11-28-16)22(37)31-18(9-10-20(34)35)23(38)32-19(24(39)40)13-14-5-7-15(33)8-6-14/h5-8,16-19,28,33H,1-4,9-13H2,(H,30,36)(H,31,37)(H,32,38)(H,34,35)(H,39,40)(H4,26,27,29). The third-order valence-electron chi connectivity index (χ3n) is 6.23. The van der Waals surface area contributed by atoms with Crippen LogP contribution in [0.4, 0.5) is 0 Å². The van der Waals surface area contributed by atoms with Crippen molar-refractivity contribution in [3.63, 3.8) is 0 Å². The largest absolute Gasteiger partial charge is 0.508 e. The number of carbonyl (C=O) groups is 5. The summed E-state index contributed by atoms with van der Waals surface area (Å²) in [6.45, 7) is 0.843. The van der Waals surface area contributed by atoms with Crippen LogP contribution in [0.5, 0.6) is 5.75 Å². The number of nitrogens with two attached hydrogens (primary N) is 2. The minimum atomic E-state index is -1.40. The molecule has 0 bridgehead atoms. The van der Waals surface area contributed by atoms with Crippen molar-refractivity contribution in [1.29, 1.82) is 0 Å². The van der Waals surface area contributed by atoms with E-state index in [2.05, 4.69) is 26.3 Å². The summed E-state index contributed by atoms with van der Waals surface area (Å²) >= 11 is 0. The highest BCUT2D eigenvalue weighted by molar-refractivity contribution is 5.94. The zero-order valence-corrected chi connectivity index (χ0v) is 22.0. The Bertz CT molecular complexity index is 1070. The summed E-state index contributed by atoms with van der Waals surface area (Å²) in [5.41, 5.74) is 11.2. The van der Waals surface area contributed by atoms with Crippen LogP contribution < -0.4 is 32.7 Å². The van der Waals surface area contributed by atoms with Gasteiger partial charge in [-0.15, -0.1) is 0 Å². The van der Waals surface area contributed by atoms with E-state index in [0.29, 0.717) is 24.9 Å². The second-order valence-corrected chi connectivity index (χ2v) is 9.42. The molecule has 1 aliphatic rings. The number of phenolic OH excluding ortho intramolecular Hbond substituents is 1. The van der Waals surface area contributed by atoms with Crippen molar-refractivity contribution >= 4 is 35.6 Å². The number of rotatable bonds is 16. The van der Waals surface area contributed by atoms with Gasteiger partial charge in [0.1, 0.15) is 23.9 Å². The molecule has 1 heterocycles. The maximum atomic E-state index is 13.2. The van der Waals surface area contributed by atoms with Crippen molar-refractivity contribution in [2.75, 3.05) is 13.1 Å². The number of aliphatic carboxylic acids is 2. The highest BCUT2D eigenvalue weighted by Crippen LogP contribution is 2.12. The number of hydrogen-bond donors (Lipinski definition) is 9. The Labute approximate surface area is 230 Å². The van der Waals surface area contributed by atoms with Gasteiger partial charge in [-0.05, 0) is 56.3 Å². The average molecular weight is 564 g/mol. The summed E-state index contributed by atoms with van der Waals surface area (Å²) in [6, 6.07) is 1.37. The van der Waals surface area contributed by atoms with E-state index >= 15 is 0 Å². The maximum absolute atomic E-state index is 13.2. The first-order valence-electron chi connectivity index (χ1n) is 12.9. The molecule has 0 saturated carbocycles. The van der Waals surface area contributed by atoms with E-state index in [1.54, 1.807) is 0 Å². The number of aromatic hydroxyl groups is 1. The smallest absolute Gasteiger partial charge is 0.326 e. The summed E-state index contributed by atoms with van der Waals surface area (Å²) in [5.74, 6) is -4.76. The number of phenols is 1. The molecule has 0 aromatic heterocycles. The molecule has 1 saturated heterocycles. The molecule has 0 spiro atoms. The van der Waals surface area contributed by atoms with Gasteiger partial charge in [0.05, 0.1) is 6.04 Å². The van der Waals surface area contributed by atoms with Crippen LogP contribution in [0.1, 0.15) is 44.1 Å². The SMILES string of the molecule is NC(N)=NCCCC(NC(=O)C1CCCN1)C(=O)NC(CCC(=O)O)C(=O)NC(Cc1ccc(O)cc1)C(=O)O. The van der Waals surface area contributed by atoms with E-state index in [1.807, 2.05) is 0 Å². The Morgan fingerprint density at radius 3 is 2.12 bits per heavy atom. The number of carbonyl (C=O) groups excluding carboxylic acids is 3. The minimum Gasteiger partial charge on any atom is -0.508 e. The van der Waals surface area contributed by atoms with E-state index in [1.165, 1.54) is 24.3 Å². The van der Waals surface area contributed by atoms with Crippen LogP contribution in [0.3, 0.4) is 0 Å². The summed E-state index contributed by atoms with van der Waals surface area (Å²) < 4.78 is 0. The molecule has 3 amide bonds. The second kappa shape index (κ2) is 15.9. The molecular formula is C25H37N7O8. The predicted molar refractivity (Wildman–Crippen MR) is 143 cm³/mol. The Kier molecular flexibility index (Phi) is 12.6. The third kappa shape index (κ3) is 11.1. The van der Waals surface area contributed by atoms with Gasteiger partial charge < -0.3 is 48.1 Å². The fraction of sp³-hybridized carbons (Fsp3) is 0.520.